The van der Waals surface area contributed by atoms with E-state index in [1.54, 1.807) is 4.90 Å². The van der Waals surface area contributed by atoms with Crippen LogP contribution < -0.4 is 10.2 Å². The highest BCUT2D eigenvalue weighted by atomic mass is 16.2. The maximum atomic E-state index is 13.7. The molecular formula is C25H22N4O2. The molecule has 1 atom stereocenters. The summed E-state index contributed by atoms with van der Waals surface area (Å²) >= 11 is 0. The van der Waals surface area contributed by atoms with Crippen molar-refractivity contribution < 1.29 is 9.59 Å². The third-order valence-electron chi connectivity index (χ3n) is 5.80. The van der Waals surface area contributed by atoms with E-state index in [-0.39, 0.29) is 18.2 Å². The van der Waals surface area contributed by atoms with Crippen molar-refractivity contribution in [2.24, 2.45) is 0 Å². The number of H-pyrrole nitrogens is 1. The van der Waals surface area contributed by atoms with Crippen LogP contribution in [-0.2, 0) is 15.1 Å². The molecule has 0 saturated carbocycles. The zero-order valence-electron chi connectivity index (χ0n) is 17.3. The summed E-state index contributed by atoms with van der Waals surface area (Å²) in [6, 6.07) is 22.8. The number of β-lactam (4-membered cyclic amide) rings is 1. The molecule has 5 rings (SSSR count). The Kier molecular flexibility index (Phi) is 4.36. The monoisotopic (exact) mass is 410 g/mol. The van der Waals surface area contributed by atoms with Gasteiger partial charge in [-0.3, -0.25) is 14.5 Å². The summed E-state index contributed by atoms with van der Waals surface area (Å²) in [6.45, 7) is 3.98. The molecule has 2 amide bonds. The minimum Gasteiger partial charge on any atom is -0.339 e. The number of aryl methyl sites for hydroxylation is 2. The second-order valence-electron chi connectivity index (χ2n) is 8.02. The van der Waals surface area contributed by atoms with Gasteiger partial charge in [-0.25, -0.2) is 4.98 Å². The van der Waals surface area contributed by atoms with Gasteiger partial charge in [0.15, 0.2) is 5.54 Å². The first kappa shape index (κ1) is 19.1. The van der Waals surface area contributed by atoms with Crippen LogP contribution in [0.5, 0.6) is 0 Å². The van der Waals surface area contributed by atoms with Crippen molar-refractivity contribution >= 4 is 34.2 Å². The first-order chi connectivity index (χ1) is 15.0. The normalized spacial score (nSPS) is 18.1. The number of fused-ring (bicyclic) bond motifs is 1. The average Bonchev–Trinajstić information content (AvgIpc) is 3.19. The quantitative estimate of drug-likeness (QED) is 0.488. The minimum atomic E-state index is -1.25. The Morgan fingerprint density at radius 1 is 0.968 bits per heavy atom. The Morgan fingerprint density at radius 2 is 1.61 bits per heavy atom. The molecule has 1 unspecified atom stereocenters. The van der Waals surface area contributed by atoms with Gasteiger partial charge in [-0.2, -0.15) is 0 Å². The maximum Gasteiger partial charge on any atom is 0.259 e. The number of aromatic nitrogens is 2. The van der Waals surface area contributed by atoms with Gasteiger partial charge < -0.3 is 10.3 Å². The van der Waals surface area contributed by atoms with Gasteiger partial charge in [0.05, 0.1) is 17.5 Å². The average molecular weight is 410 g/mol. The van der Waals surface area contributed by atoms with E-state index in [1.807, 2.05) is 86.6 Å². The molecule has 0 aliphatic carbocycles. The maximum absolute atomic E-state index is 13.7. The number of imidazole rings is 1. The number of hydrogen-bond acceptors (Lipinski definition) is 3. The van der Waals surface area contributed by atoms with Gasteiger partial charge >= 0.3 is 0 Å². The molecular weight excluding hydrogens is 388 g/mol. The number of para-hydroxylation sites is 2. The molecule has 1 saturated heterocycles. The lowest BCUT2D eigenvalue weighted by atomic mass is 9.81. The van der Waals surface area contributed by atoms with E-state index in [4.69, 9.17) is 4.98 Å². The molecule has 6 nitrogen and oxygen atoms in total. The standard InChI is InChI=1S/C25H22N4O2/c1-16-7-11-18(12-8-16)26-24(31)25(23-27-20-5-3-4-6-21(20)28-23)15-22(30)29(25)19-13-9-17(2)10-14-19/h3-14H,15H2,1-2H3,(H,26,31)(H,27,28). The molecule has 2 heterocycles. The van der Waals surface area contributed by atoms with E-state index in [9.17, 15) is 9.59 Å². The van der Waals surface area contributed by atoms with Crippen LogP contribution in [0, 0.1) is 13.8 Å². The van der Waals surface area contributed by atoms with Gasteiger partial charge in [0, 0.05) is 11.4 Å². The van der Waals surface area contributed by atoms with Crippen molar-refractivity contribution in [3.63, 3.8) is 0 Å². The molecule has 154 valence electrons. The molecule has 31 heavy (non-hydrogen) atoms. The Morgan fingerprint density at radius 3 is 2.26 bits per heavy atom. The molecule has 1 fully saturated rings. The highest BCUT2D eigenvalue weighted by Crippen LogP contribution is 2.45. The molecule has 6 heteroatoms. The third-order valence-corrected chi connectivity index (χ3v) is 5.80. The third kappa shape index (κ3) is 3.08. The number of amides is 2. The number of anilines is 2. The van der Waals surface area contributed by atoms with Gasteiger partial charge in [-0.1, -0.05) is 47.5 Å². The van der Waals surface area contributed by atoms with Crippen molar-refractivity contribution in [1.82, 2.24) is 9.97 Å². The van der Waals surface area contributed by atoms with Crippen LogP contribution in [0.2, 0.25) is 0 Å². The fourth-order valence-electron chi connectivity index (χ4n) is 4.06. The lowest BCUT2D eigenvalue weighted by Crippen LogP contribution is -2.67. The van der Waals surface area contributed by atoms with E-state index >= 15 is 0 Å². The van der Waals surface area contributed by atoms with E-state index in [2.05, 4.69) is 10.3 Å². The molecule has 0 bridgehead atoms. The summed E-state index contributed by atoms with van der Waals surface area (Å²) in [5.41, 5.74) is 3.85. The van der Waals surface area contributed by atoms with Gasteiger partial charge in [0.1, 0.15) is 5.82 Å². The summed E-state index contributed by atoms with van der Waals surface area (Å²) in [6.07, 6.45) is 0.0401. The Balaban J connectivity index is 1.63. The van der Waals surface area contributed by atoms with Crippen LogP contribution in [0.4, 0.5) is 11.4 Å². The predicted molar refractivity (Wildman–Crippen MR) is 121 cm³/mol. The van der Waals surface area contributed by atoms with E-state index < -0.39 is 5.54 Å². The number of aromatic amines is 1. The van der Waals surface area contributed by atoms with Gasteiger partial charge in [-0.05, 0) is 50.2 Å². The first-order valence-corrected chi connectivity index (χ1v) is 10.2. The molecule has 2 N–H and O–H groups in total. The fourth-order valence-corrected chi connectivity index (χ4v) is 4.06. The van der Waals surface area contributed by atoms with Gasteiger partial charge in [0.2, 0.25) is 5.91 Å². The fraction of sp³-hybridized carbons (Fsp3) is 0.160. The van der Waals surface area contributed by atoms with Crippen LogP contribution in [0.15, 0.2) is 72.8 Å². The van der Waals surface area contributed by atoms with Crippen molar-refractivity contribution in [2.45, 2.75) is 25.8 Å². The molecule has 0 radical (unpaired) electrons. The van der Waals surface area contributed by atoms with Gasteiger partial charge in [-0.15, -0.1) is 0 Å². The van der Waals surface area contributed by atoms with Crippen molar-refractivity contribution in [3.05, 3.63) is 89.7 Å². The summed E-state index contributed by atoms with van der Waals surface area (Å²) in [7, 11) is 0. The Hall–Kier alpha value is -3.93. The number of nitrogens with one attached hydrogen (secondary N) is 2. The topological polar surface area (TPSA) is 78.1 Å². The van der Waals surface area contributed by atoms with Gasteiger partial charge in [0.25, 0.3) is 5.91 Å². The Labute approximate surface area is 179 Å². The molecule has 3 aromatic carbocycles. The first-order valence-electron chi connectivity index (χ1n) is 10.2. The van der Waals surface area contributed by atoms with Crippen molar-refractivity contribution in [1.29, 1.82) is 0 Å². The van der Waals surface area contributed by atoms with Crippen LogP contribution in [0.1, 0.15) is 23.4 Å². The highest BCUT2D eigenvalue weighted by Gasteiger charge is 2.60. The van der Waals surface area contributed by atoms with E-state index in [0.717, 1.165) is 22.2 Å². The van der Waals surface area contributed by atoms with Crippen molar-refractivity contribution in [2.75, 3.05) is 10.2 Å². The number of carbonyl (C=O) groups is 2. The SMILES string of the molecule is Cc1ccc(NC(=O)C2(c3nc4ccccc4[nH]3)CC(=O)N2c2ccc(C)cc2)cc1. The lowest BCUT2D eigenvalue weighted by molar-refractivity contribution is -0.137. The van der Waals surface area contributed by atoms with Crippen LogP contribution >= 0.6 is 0 Å². The number of hydrogen-bond donors (Lipinski definition) is 2. The zero-order valence-corrected chi connectivity index (χ0v) is 17.3. The summed E-state index contributed by atoms with van der Waals surface area (Å²) in [4.78, 5) is 36.1. The second kappa shape index (κ2) is 7.09. The zero-order chi connectivity index (χ0) is 21.6. The molecule has 1 aliphatic rings. The Bertz CT molecular complexity index is 1260. The van der Waals surface area contributed by atoms with Crippen LogP contribution in [0.25, 0.3) is 11.0 Å². The summed E-state index contributed by atoms with van der Waals surface area (Å²) < 4.78 is 0. The molecule has 4 aromatic rings. The second-order valence-corrected chi connectivity index (χ2v) is 8.02. The van der Waals surface area contributed by atoms with Crippen molar-refractivity contribution in [3.8, 4) is 0 Å². The smallest absolute Gasteiger partial charge is 0.259 e. The van der Waals surface area contributed by atoms with E-state index in [0.29, 0.717) is 17.2 Å². The van der Waals surface area contributed by atoms with Crippen LogP contribution in [-0.4, -0.2) is 21.8 Å². The number of carbonyl (C=O) groups excluding carboxylic acids is 2. The summed E-state index contributed by atoms with van der Waals surface area (Å²) in [5, 5.41) is 2.99. The predicted octanol–water partition coefficient (Wildman–Crippen LogP) is 4.45. The van der Waals surface area contributed by atoms with E-state index in [1.165, 1.54) is 0 Å². The number of nitrogens with zero attached hydrogens (tertiary/aromatic N) is 2. The largest absolute Gasteiger partial charge is 0.339 e. The number of rotatable bonds is 4. The van der Waals surface area contributed by atoms with Crippen LogP contribution in [0.3, 0.4) is 0 Å². The highest BCUT2D eigenvalue weighted by molar-refractivity contribution is 6.16. The molecule has 1 aromatic heterocycles. The molecule has 0 spiro atoms. The summed E-state index contributed by atoms with van der Waals surface area (Å²) in [5.74, 6) is 0.0393. The lowest BCUT2D eigenvalue weighted by Gasteiger charge is -2.49. The minimum absolute atomic E-state index is 0.0401. The molecule has 1 aliphatic heterocycles. The number of benzene rings is 3.